The van der Waals surface area contributed by atoms with Crippen molar-refractivity contribution in [3.63, 3.8) is 0 Å². The Bertz CT molecular complexity index is 1540. The minimum Gasteiger partial charge on any atom is -0.339 e. The summed E-state index contributed by atoms with van der Waals surface area (Å²) in [5.41, 5.74) is 2.30. The highest BCUT2D eigenvalue weighted by molar-refractivity contribution is 6.10. The summed E-state index contributed by atoms with van der Waals surface area (Å²) < 4.78 is 31.3. The van der Waals surface area contributed by atoms with E-state index in [4.69, 9.17) is 0 Å². The van der Waals surface area contributed by atoms with Crippen molar-refractivity contribution in [3.8, 4) is 0 Å². The Hall–Kier alpha value is -4.37. The van der Waals surface area contributed by atoms with Crippen LogP contribution in [0.4, 0.5) is 20.2 Å². The van der Waals surface area contributed by atoms with Crippen LogP contribution in [-0.4, -0.2) is 73.2 Å². The van der Waals surface area contributed by atoms with E-state index in [2.05, 4.69) is 10.2 Å². The van der Waals surface area contributed by atoms with Gasteiger partial charge in [-0.2, -0.15) is 0 Å². The van der Waals surface area contributed by atoms with Crippen LogP contribution in [0.2, 0.25) is 0 Å². The highest BCUT2D eigenvalue weighted by Crippen LogP contribution is 2.43. The number of anilines is 2. The second kappa shape index (κ2) is 12.5. The number of carbonyl (C=O) groups is 3. The molecule has 2 heterocycles. The highest BCUT2D eigenvalue weighted by atomic mass is 19.3. The number of hydrogen-bond donors (Lipinski definition) is 1. The molecule has 0 atom stereocenters. The number of allylic oxidation sites excluding steroid dienone is 1. The van der Waals surface area contributed by atoms with E-state index in [1.54, 1.807) is 59.5 Å². The number of fused-ring (bicyclic) bond motifs is 1. The Labute approximate surface area is 250 Å². The Morgan fingerprint density at radius 1 is 0.907 bits per heavy atom. The van der Waals surface area contributed by atoms with Crippen molar-refractivity contribution < 1.29 is 23.2 Å². The first-order valence-electron chi connectivity index (χ1n) is 14.5. The van der Waals surface area contributed by atoms with Gasteiger partial charge in [-0.05, 0) is 75.8 Å². The largest absolute Gasteiger partial charge is 0.339 e. The average Bonchev–Trinajstić information content (AvgIpc) is 3.11. The van der Waals surface area contributed by atoms with Gasteiger partial charge in [0.25, 0.3) is 17.7 Å². The van der Waals surface area contributed by atoms with Gasteiger partial charge >= 0.3 is 0 Å². The zero-order valence-corrected chi connectivity index (χ0v) is 24.6. The van der Waals surface area contributed by atoms with Crippen molar-refractivity contribution in [3.05, 3.63) is 101 Å². The number of amides is 3. The van der Waals surface area contributed by atoms with Crippen LogP contribution in [0.3, 0.4) is 0 Å². The standard InChI is InChI=1S/C34H36F2N4O3/c1-23-8-4-5-9-27(23)32(42)37-25-14-12-24(13-15-25)33(43)40-21-18-34(35,36)29(28-10-6-7-11-30(28)40)22-31(41)39-19-16-26(17-20-39)38(2)3/h4-15,22,26H,16-21H2,1-3H3,(H,37,42)/b29-22-. The molecule has 0 unspecified atom stereocenters. The van der Waals surface area contributed by atoms with E-state index in [1.807, 2.05) is 33.2 Å². The fourth-order valence-electron chi connectivity index (χ4n) is 5.73. The lowest BCUT2D eigenvalue weighted by molar-refractivity contribution is -0.127. The Balaban J connectivity index is 1.37. The molecule has 0 aromatic heterocycles. The van der Waals surface area contributed by atoms with Crippen molar-refractivity contribution in [2.75, 3.05) is 43.9 Å². The normalized spacial score (nSPS) is 17.9. The maximum atomic E-state index is 15.7. The predicted molar refractivity (Wildman–Crippen MR) is 165 cm³/mol. The molecule has 1 fully saturated rings. The number of rotatable bonds is 5. The lowest BCUT2D eigenvalue weighted by Crippen LogP contribution is -2.44. The first-order chi connectivity index (χ1) is 20.5. The third-order valence-electron chi connectivity index (χ3n) is 8.33. The number of halogens is 2. The molecule has 9 heteroatoms. The number of piperidine rings is 1. The van der Waals surface area contributed by atoms with E-state index in [0.29, 0.717) is 41.6 Å². The van der Waals surface area contributed by atoms with Crippen LogP contribution in [-0.2, 0) is 4.79 Å². The Kier molecular flexibility index (Phi) is 8.73. The van der Waals surface area contributed by atoms with Crippen LogP contribution in [0, 0.1) is 6.92 Å². The summed E-state index contributed by atoms with van der Waals surface area (Å²) in [6, 6.07) is 20.5. The lowest BCUT2D eigenvalue weighted by Gasteiger charge is -2.35. The van der Waals surface area contributed by atoms with Gasteiger partial charge in [0.05, 0.1) is 5.69 Å². The van der Waals surface area contributed by atoms with Gasteiger partial charge in [0.2, 0.25) is 5.91 Å². The molecule has 43 heavy (non-hydrogen) atoms. The molecule has 0 bridgehead atoms. The van der Waals surface area contributed by atoms with Gasteiger partial charge in [-0.1, -0.05) is 36.4 Å². The van der Waals surface area contributed by atoms with E-state index in [9.17, 15) is 14.4 Å². The molecule has 0 aliphatic carbocycles. The van der Waals surface area contributed by atoms with Gasteiger partial charge in [-0.3, -0.25) is 14.4 Å². The number of hydrogen-bond acceptors (Lipinski definition) is 4. The van der Waals surface area contributed by atoms with Gasteiger partial charge < -0.3 is 20.0 Å². The van der Waals surface area contributed by atoms with Gasteiger partial charge in [-0.25, -0.2) is 8.78 Å². The second-order valence-electron chi connectivity index (χ2n) is 11.4. The van der Waals surface area contributed by atoms with Crippen molar-refractivity contribution >= 4 is 34.7 Å². The number of benzene rings is 3. The Morgan fingerprint density at radius 3 is 2.23 bits per heavy atom. The summed E-state index contributed by atoms with van der Waals surface area (Å²) in [5, 5.41) is 2.83. The van der Waals surface area contributed by atoms with E-state index in [1.165, 1.54) is 11.0 Å². The number of carbonyl (C=O) groups excluding carboxylic acids is 3. The van der Waals surface area contributed by atoms with Crippen molar-refractivity contribution in [1.29, 1.82) is 0 Å². The fourth-order valence-corrected chi connectivity index (χ4v) is 5.73. The maximum absolute atomic E-state index is 15.7. The number of nitrogens with one attached hydrogen (secondary N) is 1. The molecular weight excluding hydrogens is 550 g/mol. The summed E-state index contributed by atoms with van der Waals surface area (Å²) in [6.45, 7) is 2.63. The van der Waals surface area contributed by atoms with Crippen molar-refractivity contribution in [1.82, 2.24) is 9.80 Å². The smallest absolute Gasteiger partial charge is 0.275 e. The summed E-state index contributed by atoms with van der Waals surface area (Å²) in [4.78, 5) is 44.7. The molecule has 0 saturated carbocycles. The molecule has 3 aromatic carbocycles. The third kappa shape index (κ3) is 6.51. The number of likely N-dealkylation sites (tertiary alicyclic amines) is 1. The van der Waals surface area contributed by atoms with E-state index in [-0.39, 0.29) is 23.6 Å². The summed E-state index contributed by atoms with van der Waals surface area (Å²) in [7, 11) is 4.00. The average molecular weight is 587 g/mol. The Morgan fingerprint density at radius 2 is 1.56 bits per heavy atom. The zero-order chi connectivity index (χ0) is 30.7. The summed E-state index contributed by atoms with van der Waals surface area (Å²) in [6.07, 6.45) is 2.01. The fraction of sp³-hybridized carbons (Fsp3) is 0.324. The lowest BCUT2D eigenvalue weighted by atomic mass is 9.96. The molecule has 224 valence electrons. The monoisotopic (exact) mass is 586 g/mol. The molecule has 7 nitrogen and oxygen atoms in total. The second-order valence-corrected chi connectivity index (χ2v) is 11.4. The first kappa shape index (κ1) is 30.1. The number of nitrogens with zero attached hydrogens (tertiary/aromatic N) is 3. The SMILES string of the molecule is Cc1ccccc1C(=O)Nc1ccc(C(=O)N2CCC(F)(F)/C(=C\C(=O)N3CCC(N(C)C)CC3)c3ccccc32)cc1. The minimum atomic E-state index is -3.31. The maximum Gasteiger partial charge on any atom is 0.275 e. The molecule has 5 rings (SSSR count). The van der Waals surface area contributed by atoms with Crippen LogP contribution in [0.5, 0.6) is 0 Å². The van der Waals surface area contributed by atoms with Crippen LogP contribution < -0.4 is 10.2 Å². The predicted octanol–water partition coefficient (Wildman–Crippen LogP) is 5.87. The first-order valence-corrected chi connectivity index (χ1v) is 14.5. The molecule has 3 aromatic rings. The molecule has 2 aliphatic heterocycles. The van der Waals surface area contributed by atoms with Crippen molar-refractivity contribution in [2.45, 2.75) is 38.2 Å². The van der Waals surface area contributed by atoms with Gasteiger partial charge in [-0.15, -0.1) is 0 Å². The number of aryl methyl sites for hydroxylation is 1. The van der Waals surface area contributed by atoms with Crippen LogP contribution >= 0.6 is 0 Å². The van der Waals surface area contributed by atoms with E-state index in [0.717, 1.165) is 24.5 Å². The topological polar surface area (TPSA) is 73.0 Å². The van der Waals surface area contributed by atoms with Crippen LogP contribution in [0.1, 0.15) is 51.1 Å². The summed E-state index contributed by atoms with van der Waals surface area (Å²) in [5.74, 6) is -4.47. The van der Waals surface area contributed by atoms with Crippen LogP contribution in [0.15, 0.2) is 78.9 Å². The zero-order valence-electron chi connectivity index (χ0n) is 24.6. The molecule has 3 amide bonds. The molecule has 0 spiro atoms. The van der Waals surface area contributed by atoms with E-state index >= 15 is 8.78 Å². The third-order valence-corrected chi connectivity index (χ3v) is 8.33. The van der Waals surface area contributed by atoms with Gasteiger partial charge in [0.1, 0.15) is 0 Å². The molecular formula is C34H36F2N4O3. The van der Waals surface area contributed by atoms with Crippen LogP contribution in [0.25, 0.3) is 5.57 Å². The number of alkyl halides is 2. The van der Waals surface area contributed by atoms with Gasteiger partial charge in [0, 0.05) is 66.1 Å². The molecule has 1 saturated heterocycles. The minimum absolute atomic E-state index is 0.164. The number of para-hydroxylation sites is 1. The molecule has 1 N–H and O–H groups in total. The van der Waals surface area contributed by atoms with E-state index < -0.39 is 24.2 Å². The molecule has 2 aliphatic rings. The van der Waals surface area contributed by atoms with Gasteiger partial charge in [0.15, 0.2) is 0 Å². The molecule has 0 radical (unpaired) electrons. The quantitative estimate of drug-likeness (QED) is 0.380. The summed E-state index contributed by atoms with van der Waals surface area (Å²) >= 11 is 0. The highest BCUT2D eigenvalue weighted by Gasteiger charge is 2.42. The van der Waals surface area contributed by atoms with Crippen molar-refractivity contribution in [2.24, 2.45) is 0 Å².